The van der Waals surface area contributed by atoms with E-state index in [1.54, 1.807) is 22.9 Å². The summed E-state index contributed by atoms with van der Waals surface area (Å²) in [6, 6.07) is 11.3. The molecule has 2 heterocycles. The molecule has 1 aromatic heterocycles. The lowest BCUT2D eigenvalue weighted by Crippen LogP contribution is -2.45. The molecule has 1 atom stereocenters. The molecular weight excluding hydrogens is 438 g/mol. The van der Waals surface area contributed by atoms with Gasteiger partial charge in [-0.3, -0.25) is 4.79 Å². The van der Waals surface area contributed by atoms with Crippen LogP contribution in [-0.4, -0.2) is 46.2 Å². The third-order valence-corrected chi connectivity index (χ3v) is 7.72. The third-order valence-electron chi connectivity index (χ3n) is 5.44. The zero-order valence-corrected chi connectivity index (χ0v) is 18.7. The molecular formula is C21H24ClN5O3S. The van der Waals surface area contributed by atoms with Crippen LogP contribution in [0.2, 0.25) is 5.02 Å². The van der Waals surface area contributed by atoms with Crippen molar-refractivity contribution in [2.24, 2.45) is 0 Å². The molecule has 8 nitrogen and oxygen atoms in total. The monoisotopic (exact) mass is 461 g/mol. The lowest BCUT2D eigenvalue weighted by molar-refractivity contribution is -0.124. The molecule has 1 aliphatic rings. The minimum Gasteiger partial charge on any atom is -0.351 e. The van der Waals surface area contributed by atoms with E-state index in [1.807, 2.05) is 25.1 Å². The van der Waals surface area contributed by atoms with Gasteiger partial charge in [0.1, 0.15) is 11.6 Å². The Bertz CT molecular complexity index is 1210. The van der Waals surface area contributed by atoms with Crippen molar-refractivity contribution in [3.05, 3.63) is 53.1 Å². The molecule has 10 heteroatoms. The van der Waals surface area contributed by atoms with E-state index < -0.39 is 16.1 Å². The highest BCUT2D eigenvalue weighted by atomic mass is 35.5. The molecule has 31 heavy (non-hydrogen) atoms. The van der Waals surface area contributed by atoms with Crippen LogP contribution in [0.5, 0.6) is 0 Å². The summed E-state index contributed by atoms with van der Waals surface area (Å²) >= 11 is 6.15. The number of hydrogen-bond donors (Lipinski definition) is 1. The quantitative estimate of drug-likeness (QED) is 0.583. The van der Waals surface area contributed by atoms with Gasteiger partial charge in [-0.2, -0.15) is 4.31 Å². The highest BCUT2D eigenvalue weighted by molar-refractivity contribution is 7.89. The number of nitrogens with zero attached hydrogens (tertiary/aromatic N) is 4. The predicted molar refractivity (Wildman–Crippen MR) is 118 cm³/mol. The molecule has 1 unspecified atom stereocenters. The summed E-state index contributed by atoms with van der Waals surface area (Å²) in [6.45, 7) is 3.29. The topological polar surface area (TPSA) is 97.2 Å². The standard InChI is InChI=1S/C21H24ClN5O3S/c1-2-11-26-19-10-9-16(13-18(19)24-25-26)31(29,30)27-12-5-8-20(27)21(28)23-14-15-6-3-4-7-17(15)22/h3-4,6-7,9-10,13,20H,2,5,8,11-12,14H2,1H3,(H,23,28). The lowest BCUT2D eigenvalue weighted by atomic mass is 10.2. The molecule has 1 saturated heterocycles. The average molecular weight is 462 g/mol. The van der Waals surface area contributed by atoms with Crippen LogP contribution in [0.15, 0.2) is 47.4 Å². The average Bonchev–Trinajstić information content (AvgIpc) is 3.41. The van der Waals surface area contributed by atoms with E-state index in [0.717, 1.165) is 17.5 Å². The predicted octanol–water partition coefficient (Wildman–Crippen LogP) is 2.96. The van der Waals surface area contributed by atoms with Gasteiger partial charge in [0.2, 0.25) is 15.9 Å². The van der Waals surface area contributed by atoms with Gasteiger partial charge in [-0.25, -0.2) is 13.1 Å². The van der Waals surface area contributed by atoms with E-state index in [9.17, 15) is 13.2 Å². The van der Waals surface area contributed by atoms with Crippen molar-refractivity contribution in [2.75, 3.05) is 6.54 Å². The van der Waals surface area contributed by atoms with Crippen molar-refractivity contribution in [3.63, 3.8) is 0 Å². The van der Waals surface area contributed by atoms with Crippen molar-refractivity contribution in [3.8, 4) is 0 Å². The minimum atomic E-state index is -3.85. The molecule has 0 spiro atoms. The number of halogens is 1. The smallest absolute Gasteiger partial charge is 0.243 e. The highest BCUT2D eigenvalue weighted by Crippen LogP contribution is 2.28. The van der Waals surface area contributed by atoms with Crippen molar-refractivity contribution < 1.29 is 13.2 Å². The molecule has 3 aromatic rings. The van der Waals surface area contributed by atoms with Gasteiger partial charge in [0.25, 0.3) is 0 Å². The zero-order valence-electron chi connectivity index (χ0n) is 17.2. The molecule has 2 aromatic carbocycles. The molecule has 1 amide bonds. The highest BCUT2D eigenvalue weighted by Gasteiger charge is 2.39. The molecule has 1 aliphatic heterocycles. The van der Waals surface area contributed by atoms with Crippen molar-refractivity contribution in [1.29, 1.82) is 0 Å². The summed E-state index contributed by atoms with van der Waals surface area (Å²) < 4.78 is 29.7. The van der Waals surface area contributed by atoms with Crippen molar-refractivity contribution in [2.45, 2.75) is 50.2 Å². The molecule has 1 fully saturated rings. The fourth-order valence-corrected chi connectivity index (χ4v) is 5.74. The van der Waals surface area contributed by atoms with Crippen LogP contribution in [0, 0.1) is 0 Å². The second-order valence-electron chi connectivity index (χ2n) is 7.55. The lowest BCUT2D eigenvalue weighted by Gasteiger charge is -2.23. The zero-order chi connectivity index (χ0) is 22.0. The number of sulfonamides is 1. The van der Waals surface area contributed by atoms with Gasteiger partial charge in [-0.1, -0.05) is 41.9 Å². The molecule has 0 radical (unpaired) electrons. The first-order valence-corrected chi connectivity index (χ1v) is 12.1. The van der Waals surface area contributed by atoms with Crippen LogP contribution in [-0.2, 0) is 27.9 Å². The summed E-state index contributed by atoms with van der Waals surface area (Å²) in [7, 11) is -3.85. The van der Waals surface area contributed by atoms with E-state index in [1.165, 1.54) is 10.4 Å². The van der Waals surface area contributed by atoms with Crippen LogP contribution < -0.4 is 5.32 Å². The first kappa shape index (κ1) is 21.7. The van der Waals surface area contributed by atoms with E-state index in [2.05, 4.69) is 15.6 Å². The van der Waals surface area contributed by atoms with Crippen molar-refractivity contribution in [1.82, 2.24) is 24.6 Å². The van der Waals surface area contributed by atoms with Gasteiger partial charge in [0, 0.05) is 24.7 Å². The molecule has 164 valence electrons. The number of carbonyl (C=O) groups is 1. The SMILES string of the molecule is CCCn1nnc2cc(S(=O)(=O)N3CCCC3C(=O)NCc3ccccc3Cl)ccc21. The van der Waals surface area contributed by atoms with Gasteiger partial charge < -0.3 is 5.32 Å². The first-order chi connectivity index (χ1) is 14.9. The van der Waals surface area contributed by atoms with Gasteiger partial charge in [-0.15, -0.1) is 5.10 Å². The van der Waals surface area contributed by atoms with Crippen LogP contribution in [0.3, 0.4) is 0 Å². The Morgan fingerprint density at radius 2 is 2.06 bits per heavy atom. The van der Waals surface area contributed by atoms with E-state index in [-0.39, 0.29) is 17.3 Å². The Balaban J connectivity index is 1.53. The number of hydrogen-bond acceptors (Lipinski definition) is 5. The van der Waals surface area contributed by atoms with E-state index in [4.69, 9.17) is 11.6 Å². The minimum absolute atomic E-state index is 0.120. The number of fused-ring (bicyclic) bond motifs is 1. The fourth-order valence-electron chi connectivity index (χ4n) is 3.86. The summed E-state index contributed by atoms with van der Waals surface area (Å²) in [5.41, 5.74) is 2.09. The Morgan fingerprint density at radius 3 is 2.84 bits per heavy atom. The maximum atomic E-state index is 13.3. The molecule has 0 saturated carbocycles. The first-order valence-electron chi connectivity index (χ1n) is 10.3. The largest absolute Gasteiger partial charge is 0.351 e. The second-order valence-corrected chi connectivity index (χ2v) is 9.84. The van der Waals surface area contributed by atoms with Gasteiger partial charge in [0.15, 0.2) is 0 Å². The molecule has 0 aliphatic carbocycles. The summed E-state index contributed by atoms with van der Waals surface area (Å²) in [4.78, 5) is 12.9. The van der Waals surface area contributed by atoms with Gasteiger partial charge in [0.05, 0.1) is 10.4 Å². The Kier molecular flexibility index (Phi) is 6.27. The van der Waals surface area contributed by atoms with Gasteiger partial charge >= 0.3 is 0 Å². The van der Waals surface area contributed by atoms with Gasteiger partial charge in [-0.05, 0) is 49.1 Å². The van der Waals surface area contributed by atoms with Crippen LogP contribution in [0.25, 0.3) is 11.0 Å². The van der Waals surface area contributed by atoms with Crippen LogP contribution in [0.1, 0.15) is 31.7 Å². The Hall–Kier alpha value is -2.49. The second kappa shape index (κ2) is 8.94. The number of amides is 1. The van der Waals surface area contributed by atoms with E-state index >= 15 is 0 Å². The number of benzene rings is 2. The van der Waals surface area contributed by atoms with Crippen LogP contribution in [0.4, 0.5) is 0 Å². The summed E-state index contributed by atoms with van der Waals surface area (Å²) in [6.07, 6.45) is 2.00. The number of nitrogens with one attached hydrogen (secondary N) is 1. The number of carbonyl (C=O) groups excluding carboxylic acids is 1. The summed E-state index contributed by atoms with van der Waals surface area (Å²) in [5, 5.41) is 11.6. The Morgan fingerprint density at radius 1 is 1.26 bits per heavy atom. The molecule has 4 rings (SSSR count). The van der Waals surface area contributed by atoms with E-state index in [0.29, 0.717) is 36.5 Å². The number of aromatic nitrogens is 3. The number of rotatable bonds is 7. The van der Waals surface area contributed by atoms with Crippen LogP contribution >= 0.6 is 11.6 Å². The number of aryl methyl sites for hydroxylation is 1. The molecule has 1 N–H and O–H groups in total. The third kappa shape index (κ3) is 4.30. The molecule has 0 bridgehead atoms. The maximum absolute atomic E-state index is 13.3. The van der Waals surface area contributed by atoms with Crippen molar-refractivity contribution >= 4 is 38.6 Å². The normalized spacial score (nSPS) is 17.3. The fraction of sp³-hybridized carbons (Fsp3) is 0.381. The maximum Gasteiger partial charge on any atom is 0.243 e. The summed E-state index contributed by atoms with van der Waals surface area (Å²) in [5.74, 6) is -0.323. The Labute approximate surface area is 186 Å².